The third-order valence-electron chi connectivity index (χ3n) is 3.84. The maximum Gasteiger partial charge on any atom is 0.0390 e. The Bertz CT molecular complexity index is 363. The van der Waals surface area contributed by atoms with E-state index in [0.29, 0.717) is 5.41 Å². The van der Waals surface area contributed by atoms with E-state index < -0.39 is 0 Å². The van der Waals surface area contributed by atoms with Gasteiger partial charge in [-0.3, -0.25) is 0 Å². The van der Waals surface area contributed by atoms with E-state index in [9.17, 15) is 0 Å². The van der Waals surface area contributed by atoms with E-state index >= 15 is 0 Å². The Hall–Kier alpha value is -0.340. The van der Waals surface area contributed by atoms with Crippen LogP contribution in [0.25, 0.3) is 0 Å². The van der Waals surface area contributed by atoms with E-state index in [1.165, 1.54) is 43.4 Å². The van der Waals surface area contributed by atoms with Crippen LogP contribution in [0.2, 0.25) is 0 Å². The summed E-state index contributed by atoms with van der Waals surface area (Å²) in [4.78, 5) is 3.04. The quantitative estimate of drug-likeness (QED) is 0.777. The first-order valence-electron chi connectivity index (χ1n) is 7.33. The molecule has 0 fully saturated rings. The Balaban J connectivity index is 2.00. The van der Waals surface area contributed by atoms with Crippen molar-refractivity contribution in [2.45, 2.75) is 71.8 Å². The van der Waals surface area contributed by atoms with Gasteiger partial charge in [0.05, 0.1) is 0 Å². The molecule has 2 rings (SSSR count). The fraction of sp³-hybridized carbons (Fsp3) is 0.750. The summed E-state index contributed by atoms with van der Waals surface area (Å²) in [6, 6.07) is 2.65. The Morgan fingerprint density at radius 1 is 1.22 bits per heavy atom. The van der Waals surface area contributed by atoms with E-state index in [2.05, 4.69) is 26.8 Å². The average Bonchev–Trinajstić information content (AvgIpc) is 2.57. The lowest BCUT2D eigenvalue weighted by molar-refractivity contribution is 0.350. The van der Waals surface area contributed by atoms with E-state index in [-0.39, 0.29) is 6.04 Å². The van der Waals surface area contributed by atoms with Gasteiger partial charge in [-0.15, -0.1) is 11.3 Å². The predicted octanol–water partition coefficient (Wildman–Crippen LogP) is 4.84. The molecule has 1 aromatic rings. The molecule has 0 bridgehead atoms. The van der Waals surface area contributed by atoms with E-state index in [1.807, 2.05) is 11.3 Å². The SMILES string of the molecule is CC(C)(C)CCC(N)c1cc2c(s1)CCCCC2. The highest BCUT2D eigenvalue weighted by Crippen LogP contribution is 2.34. The van der Waals surface area contributed by atoms with Gasteiger partial charge in [0.15, 0.2) is 0 Å². The van der Waals surface area contributed by atoms with Gasteiger partial charge < -0.3 is 5.73 Å². The van der Waals surface area contributed by atoms with Crippen LogP contribution in [0.5, 0.6) is 0 Å². The summed E-state index contributed by atoms with van der Waals surface area (Å²) in [5.41, 5.74) is 8.35. The third-order valence-corrected chi connectivity index (χ3v) is 5.21. The first-order chi connectivity index (χ1) is 8.46. The van der Waals surface area contributed by atoms with E-state index in [0.717, 1.165) is 6.42 Å². The first-order valence-corrected chi connectivity index (χ1v) is 8.14. The summed E-state index contributed by atoms with van der Waals surface area (Å²) < 4.78 is 0. The molecular weight excluding hydrogens is 238 g/mol. The molecule has 0 radical (unpaired) electrons. The highest BCUT2D eigenvalue weighted by Gasteiger charge is 2.18. The van der Waals surface area contributed by atoms with Crippen molar-refractivity contribution in [3.8, 4) is 0 Å². The molecule has 1 aliphatic rings. The number of aryl methyl sites for hydroxylation is 2. The molecule has 0 amide bonds. The molecular formula is C16H27NS. The molecule has 1 heterocycles. The predicted molar refractivity (Wildman–Crippen MR) is 81.2 cm³/mol. The zero-order valence-corrected chi connectivity index (χ0v) is 12.9. The van der Waals surface area contributed by atoms with Crippen LogP contribution in [-0.2, 0) is 12.8 Å². The molecule has 0 aromatic carbocycles. The van der Waals surface area contributed by atoms with Crippen LogP contribution in [0.1, 0.15) is 74.2 Å². The second-order valence-electron chi connectivity index (χ2n) is 6.86. The van der Waals surface area contributed by atoms with Crippen molar-refractivity contribution in [1.82, 2.24) is 0 Å². The monoisotopic (exact) mass is 265 g/mol. The van der Waals surface area contributed by atoms with Gasteiger partial charge in [0.25, 0.3) is 0 Å². The second kappa shape index (κ2) is 5.75. The topological polar surface area (TPSA) is 26.0 Å². The normalized spacial score (nSPS) is 18.2. The largest absolute Gasteiger partial charge is 0.323 e. The van der Waals surface area contributed by atoms with Crippen molar-refractivity contribution in [2.75, 3.05) is 0 Å². The van der Waals surface area contributed by atoms with Gasteiger partial charge in [-0.25, -0.2) is 0 Å². The van der Waals surface area contributed by atoms with Crippen LogP contribution in [0.15, 0.2) is 6.07 Å². The Morgan fingerprint density at radius 3 is 2.67 bits per heavy atom. The van der Waals surface area contributed by atoms with Crippen molar-refractivity contribution in [3.63, 3.8) is 0 Å². The summed E-state index contributed by atoms with van der Waals surface area (Å²) >= 11 is 1.98. The lowest BCUT2D eigenvalue weighted by Gasteiger charge is -2.20. The van der Waals surface area contributed by atoms with Crippen molar-refractivity contribution in [1.29, 1.82) is 0 Å². The van der Waals surface area contributed by atoms with Crippen molar-refractivity contribution < 1.29 is 0 Å². The van der Waals surface area contributed by atoms with Crippen LogP contribution in [0.3, 0.4) is 0 Å². The van der Waals surface area contributed by atoms with Gasteiger partial charge in [0, 0.05) is 15.8 Å². The fourth-order valence-corrected chi connectivity index (χ4v) is 3.90. The van der Waals surface area contributed by atoms with Gasteiger partial charge in [-0.05, 0) is 55.6 Å². The van der Waals surface area contributed by atoms with Gasteiger partial charge in [-0.1, -0.05) is 27.2 Å². The Kier molecular flexibility index (Phi) is 4.50. The van der Waals surface area contributed by atoms with E-state index in [4.69, 9.17) is 5.73 Å². The van der Waals surface area contributed by atoms with Gasteiger partial charge in [0.1, 0.15) is 0 Å². The van der Waals surface area contributed by atoms with Crippen molar-refractivity contribution in [2.24, 2.45) is 11.1 Å². The lowest BCUT2D eigenvalue weighted by atomic mass is 9.88. The van der Waals surface area contributed by atoms with Crippen LogP contribution in [0.4, 0.5) is 0 Å². The molecule has 0 spiro atoms. The van der Waals surface area contributed by atoms with Crippen LogP contribution < -0.4 is 5.73 Å². The number of rotatable bonds is 3. The minimum atomic E-state index is 0.251. The summed E-state index contributed by atoms with van der Waals surface area (Å²) in [6.45, 7) is 6.88. The Morgan fingerprint density at radius 2 is 1.94 bits per heavy atom. The second-order valence-corrected chi connectivity index (χ2v) is 8.03. The van der Waals surface area contributed by atoms with Crippen molar-refractivity contribution in [3.05, 3.63) is 21.4 Å². The summed E-state index contributed by atoms with van der Waals surface area (Å²) in [5.74, 6) is 0. The summed E-state index contributed by atoms with van der Waals surface area (Å²) in [6.07, 6.45) is 9.00. The maximum atomic E-state index is 6.36. The molecule has 18 heavy (non-hydrogen) atoms. The lowest BCUT2D eigenvalue weighted by Crippen LogP contribution is -2.13. The fourth-order valence-electron chi connectivity index (χ4n) is 2.60. The number of hydrogen-bond donors (Lipinski definition) is 1. The first kappa shape index (κ1) is 14.1. The van der Waals surface area contributed by atoms with E-state index in [1.54, 1.807) is 10.4 Å². The van der Waals surface area contributed by atoms with Gasteiger partial charge in [-0.2, -0.15) is 0 Å². The molecule has 0 saturated carbocycles. The van der Waals surface area contributed by atoms with Gasteiger partial charge in [0.2, 0.25) is 0 Å². The number of hydrogen-bond acceptors (Lipinski definition) is 2. The van der Waals surface area contributed by atoms with Crippen LogP contribution >= 0.6 is 11.3 Å². The standard InChI is InChI=1S/C16H27NS/c1-16(2,3)10-9-13(17)15-11-12-7-5-4-6-8-14(12)18-15/h11,13H,4-10,17H2,1-3H3. The number of nitrogens with two attached hydrogens (primary N) is 1. The molecule has 102 valence electrons. The zero-order chi connectivity index (χ0) is 13.2. The molecule has 2 N–H and O–H groups in total. The molecule has 1 unspecified atom stereocenters. The van der Waals surface area contributed by atoms with Crippen LogP contribution in [0, 0.1) is 5.41 Å². The smallest absolute Gasteiger partial charge is 0.0390 e. The molecule has 1 nitrogen and oxygen atoms in total. The average molecular weight is 265 g/mol. The molecule has 1 aromatic heterocycles. The Labute approximate surface area is 116 Å². The minimum absolute atomic E-state index is 0.251. The number of thiophene rings is 1. The number of fused-ring (bicyclic) bond motifs is 1. The molecule has 1 aliphatic carbocycles. The van der Waals surface area contributed by atoms with Gasteiger partial charge >= 0.3 is 0 Å². The third kappa shape index (κ3) is 3.83. The summed E-state index contributed by atoms with van der Waals surface area (Å²) in [5, 5.41) is 0. The molecule has 2 heteroatoms. The zero-order valence-electron chi connectivity index (χ0n) is 12.1. The molecule has 0 aliphatic heterocycles. The minimum Gasteiger partial charge on any atom is -0.323 e. The molecule has 0 saturated heterocycles. The van der Waals surface area contributed by atoms with Crippen molar-refractivity contribution >= 4 is 11.3 Å². The highest BCUT2D eigenvalue weighted by molar-refractivity contribution is 7.12. The maximum absolute atomic E-state index is 6.36. The summed E-state index contributed by atoms with van der Waals surface area (Å²) in [7, 11) is 0. The van der Waals surface area contributed by atoms with Crippen LogP contribution in [-0.4, -0.2) is 0 Å². The molecule has 1 atom stereocenters. The highest BCUT2D eigenvalue weighted by atomic mass is 32.1.